The van der Waals surface area contributed by atoms with Crippen molar-refractivity contribution in [3.63, 3.8) is 0 Å². The van der Waals surface area contributed by atoms with Gasteiger partial charge in [-0.3, -0.25) is 9.78 Å². The number of hydrogen-bond acceptors (Lipinski definition) is 5. The van der Waals surface area contributed by atoms with Gasteiger partial charge < -0.3 is 9.42 Å². The van der Waals surface area contributed by atoms with Gasteiger partial charge in [0.05, 0.1) is 28.8 Å². The smallest absolute Gasteiger partial charge is 0.342 e. The summed E-state index contributed by atoms with van der Waals surface area (Å²) in [5.74, 6) is -0.395. The van der Waals surface area contributed by atoms with Gasteiger partial charge >= 0.3 is 6.18 Å². The van der Waals surface area contributed by atoms with Crippen LogP contribution in [-0.2, 0) is 17.4 Å². The quantitative estimate of drug-likeness (QED) is 0.662. The largest absolute Gasteiger partial charge is 0.417 e. The van der Waals surface area contributed by atoms with E-state index >= 15 is 0 Å². The van der Waals surface area contributed by atoms with E-state index < -0.39 is 11.7 Å². The van der Waals surface area contributed by atoms with E-state index in [1.807, 2.05) is 6.07 Å². The van der Waals surface area contributed by atoms with Gasteiger partial charge in [0.15, 0.2) is 0 Å². The van der Waals surface area contributed by atoms with Crippen LogP contribution < -0.4 is 0 Å². The topological polar surface area (TPSA) is 72.1 Å². The van der Waals surface area contributed by atoms with Crippen LogP contribution in [0.15, 0.2) is 35.0 Å². The number of nitrogens with zero attached hydrogens (tertiary/aromatic N) is 4. The van der Waals surface area contributed by atoms with Crippen LogP contribution >= 0.6 is 0 Å². The molecule has 6 nitrogen and oxygen atoms in total. The summed E-state index contributed by atoms with van der Waals surface area (Å²) in [5.41, 5.74) is 0.173. The van der Waals surface area contributed by atoms with Crippen molar-refractivity contribution in [2.75, 3.05) is 13.1 Å². The van der Waals surface area contributed by atoms with Crippen LogP contribution in [0.5, 0.6) is 0 Å². The number of likely N-dealkylation sites (tertiary alicyclic amines) is 1. The van der Waals surface area contributed by atoms with Crippen LogP contribution in [0, 0.1) is 6.92 Å². The monoisotopic (exact) mass is 404 g/mol. The van der Waals surface area contributed by atoms with Gasteiger partial charge in [0.25, 0.3) is 5.71 Å². The molecule has 0 aliphatic carbocycles. The second-order valence-corrected chi connectivity index (χ2v) is 7.22. The standard InChI is InChI=1S/C20H19F3N4O2/c1-12-18-15(20(21,22)23)10-16(25-19(18)29-26-12)13-5-4-8-27(11-13)17(28)9-14-6-2-3-7-24-14/h2-3,6-7,10,13H,4-5,8-9,11H2,1H3. The molecule has 1 aliphatic heterocycles. The maximum Gasteiger partial charge on any atom is 0.417 e. The molecule has 0 radical (unpaired) electrons. The van der Waals surface area contributed by atoms with Crippen LogP contribution in [0.1, 0.15) is 41.4 Å². The minimum Gasteiger partial charge on any atom is -0.342 e. The number of halogens is 3. The Hall–Kier alpha value is -2.97. The SMILES string of the molecule is Cc1noc2nc(C3CCCN(C(=O)Cc4ccccn4)C3)cc(C(F)(F)F)c12. The summed E-state index contributed by atoms with van der Waals surface area (Å²) in [6.07, 6.45) is -1.42. The lowest BCUT2D eigenvalue weighted by atomic mass is 9.92. The Balaban J connectivity index is 1.60. The van der Waals surface area contributed by atoms with Crippen LogP contribution in [0.25, 0.3) is 11.1 Å². The third-order valence-electron chi connectivity index (χ3n) is 5.19. The molecule has 9 heteroatoms. The normalized spacial score (nSPS) is 17.7. The van der Waals surface area contributed by atoms with E-state index in [9.17, 15) is 18.0 Å². The van der Waals surface area contributed by atoms with E-state index in [1.165, 1.54) is 6.92 Å². The summed E-state index contributed by atoms with van der Waals surface area (Å²) < 4.78 is 45.8. The fourth-order valence-corrected chi connectivity index (χ4v) is 3.76. The lowest BCUT2D eigenvalue weighted by Crippen LogP contribution is -2.40. The molecule has 0 saturated carbocycles. The van der Waals surface area contributed by atoms with Gasteiger partial charge in [0.2, 0.25) is 5.91 Å². The van der Waals surface area contributed by atoms with Crippen LogP contribution in [-0.4, -0.2) is 39.0 Å². The molecule has 1 saturated heterocycles. The molecule has 1 aliphatic rings. The summed E-state index contributed by atoms with van der Waals surface area (Å²) in [6.45, 7) is 2.34. The fourth-order valence-electron chi connectivity index (χ4n) is 3.76. The molecule has 3 aromatic heterocycles. The first-order chi connectivity index (χ1) is 13.8. The molecule has 0 aromatic carbocycles. The van der Waals surface area contributed by atoms with Gasteiger partial charge in [-0.15, -0.1) is 0 Å². The number of amides is 1. The number of rotatable bonds is 3. The molecule has 4 rings (SSSR count). The average Bonchev–Trinajstić information content (AvgIpc) is 3.08. The molecule has 0 N–H and O–H groups in total. The average molecular weight is 404 g/mol. The number of carbonyl (C=O) groups is 1. The Morgan fingerprint density at radius 2 is 2.17 bits per heavy atom. The van der Waals surface area contributed by atoms with Crippen molar-refractivity contribution in [1.29, 1.82) is 0 Å². The number of pyridine rings is 2. The molecule has 1 atom stereocenters. The molecule has 1 fully saturated rings. The molecule has 1 unspecified atom stereocenters. The number of carbonyl (C=O) groups excluding carboxylic acids is 1. The van der Waals surface area contributed by atoms with Gasteiger partial charge in [-0.25, -0.2) is 4.98 Å². The molecule has 4 heterocycles. The van der Waals surface area contributed by atoms with Crippen molar-refractivity contribution >= 4 is 17.0 Å². The maximum atomic E-state index is 13.6. The molecule has 29 heavy (non-hydrogen) atoms. The Kier molecular flexibility index (Phi) is 4.97. The summed E-state index contributed by atoms with van der Waals surface area (Å²) in [4.78, 5) is 22.8. The van der Waals surface area contributed by atoms with Crippen molar-refractivity contribution in [1.82, 2.24) is 20.0 Å². The number of aryl methyl sites for hydroxylation is 1. The highest BCUT2D eigenvalue weighted by Crippen LogP contribution is 2.38. The number of fused-ring (bicyclic) bond motifs is 1. The minimum absolute atomic E-state index is 0.0963. The zero-order chi connectivity index (χ0) is 20.6. The first kappa shape index (κ1) is 19.4. The van der Waals surface area contributed by atoms with Crippen molar-refractivity contribution in [2.24, 2.45) is 0 Å². The van der Waals surface area contributed by atoms with E-state index in [4.69, 9.17) is 4.52 Å². The Morgan fingerprint density at radius 3 is 2.90 bits per heavy atom. The minimum atomic E-state index is -4.55. The number of piperidine rings is 1. The second-order valence-electron chi connectivity index (χ2n) is 7.22. The van der Waals surface area contributed by atoms with E-state index in [2.05, 4.69) is 15.1 Å². The first-order valence-electron chi connectivity index (χ1n) is 9.34. The number of alkyl halides is 3. The molecular formula is C20H19F3N4O2. The third kappa shape index (κ3) is 3.94. The molecule has 0 bridgehead atoms. The number of aromatic nitrogens is 3. The van der Waals surface area contributed by atoms with E-state index in [0.29, 0.717) is 31.6 Å². The molecule has 0 spiro atoms. The summed E-state index contributed by atoms with van der Waals surface area (Å²) in [5, 5.41) is 3.53. The van der Waals surface area contributed by atoms with Gasteiger partial charge in [0.1, 0.15) is 0 Å². The van der Waals surface area contributed by atoms with Gasteiger partial charge in [0, 0.05) is 30.9 Å². The summed E-state index contributed by atoms with van der Waals surface area (Å²) in [7, 11) is 0. The second kappa shape index (κ2) is 7.46. The third-order valence-corrected chi connectivity index (χ3v) is 5.19. The van der Waals surface area contributed by atoms with E-state index in [1.54, 1.807) is 23.2 Å². The lowest BCUT2D eigenvalue weighted by molar-refractivity contribution is -0.136. The molecular weight excluding hydrogens is 385 g/mol. The molecule has 3 aromatic rings. The Morgan fingerprint density at radius 1 is 1.34 bits per heavy atom. The van der Waals surface area contributed by atoms with Crippen molar-refractivity contribution in [2.45, 2.75) is 38.3 Å². The van der Waals surface area contributed by atoms with Crippen LogP contribution in [0.2, 0.25) is 0 Å². The van der Waals surface area contributed by atoms with Crippen molar-refractivity contribution in [3.8, 4) is 0 Å². The van der Waals surface area contributed by atoms with Crippen LogP contribution in [0.4, 0.5) is 13.2 Å². The van der Waals surface area contributed by atoms with Crippen LogP contribution in [0.3, 0.4) is 0 Å². The number of hydrogen-bond donors (Lipinski definition) is 0. The highest BCUT2D eigenvalue weighted by Gasteiger charge is 2.37. The van der Waals surface area contributed by atoms with Gasteiger partial charge in [-0.2, -0.15) is 13.2 Å². The Bertz CT molecular complexity index is 1030. The van der Waals surface area contributed by atoms with Crippen molar-refractivity contribution in [3.05, 3.63) is 53.1 Å². The first-order valence-corrected chi connectivity index (χ1v) is 9.34. The van der Waals surface area contributed by atoms with E-state index in [-0.39, 0.29) is 40.7 Å². The highest BCUT2D eigenvalue weighted by molar-refractivity contribution is 5.81. The Labute approximate surface area is 164 Å². The van der Waals surface area contributed by atoms with Gasteiger partial charge in [-0.1, -0.05) is 11.2 Å². The predicted molar refractivity (Wildman–Crippen MR) is 98.0 cm³/mol. The molecule has 1 amide bonds. The summed E-state index contributed by atoms with van der Waals surface area (Å²) >= 11 is 0. The fraction of sp³-hybridized carbons (Fsp3) is 0.400. The van der Waals surface area contributed by atoms with Gasteiger partial charge in [-0.05, 0) is 38.0 Å². The predicted octanol–water partition coefficient (Wildman–Crippen LogP) is 3.89. The lowest BCUT2D eigenvalue weighted by Gasteiger charge is -2.32. The zero-order valence-electron chi connectivity index (χ0n) is 15.7. The molecule has 152 valence electrons. The maximum absolute atomic E-state index is 13.6. The zero-order valence-corrected chi connectivity index (χ0v) is 15.7. The van der Waals surface area contributed by atoms with E-state index in [0.717, 1.165) is 6.07 Å². The summed E-state index contributed by atoms with van der Waals surface area (Å²) in [6, 6.07) is 6.43. The highest BCUT2D eigenvalue weighted by atomic mass is 19.4. The van der Waals surface area contributed by atoms with Crippen molar-refractivity contribution < 1.29 is 22.5 Å².